The third kappa shape index (κ3) is 1.94. The number of ether oxygens (including phenoxy) is 1. The maximum atomic E-state index is 5.30. The van der Waals surface area contributed by atoms with Gasteiger partial charge < -0.3 is 15.4 Å². The van der Waals surface area contributed by atoms with Gasteiger partial charge in [-0.05, 0) is 14.0 Å². The predicted octanol–water partition coefficient (Wildman–Crippen LogP) is -0.417. The Morgan fingerprint density at radius 2 is 2.50 bits per heavy atom. The molecule has 60 valence electrons. The Labute approximate surface area is 62.1 Å². The van der Waals surface area contributed by atoms with Gasteiger partial charge in [-0.3, -0.25) is 0 Å². The molecule has 1 heterocycles. The highest BCUT2D eigenvalue weighted by Crippen LogP contribution is 1.97. The monoisotopic (exact) mass is 144 g/mol. The molecule has 2 atom stereocenters. The lowest BCUT2D eigenvalue weighted by molar-refractivity contribution is 0.0669. The lowest BCUT2D eigenvalue weighted by Gasteiger charge is -2.28. The van der Waals surface area contributed by atoms with Crippen molar-refractivity contribution in [1.82, 2.24) is 10.6 Å². The molecule has 2 N–H and O–H groups in total. The Bertz CT molecular complexity index is 91.6. The molecule has 0 aromatic carbocycles. The van der Waals surface area contributed by atoms with E-state index in [4.69, 9.17) is 4.74 Å². The van der Waals surface area contributed by atoms with E-state index in [2.05, 4.69) is 17.6 Å². The highest BCUT2D eigenvalue weighted by atomic mass is 16.5. The molecule has 0 saturated carbocycles. The second-order valence-electron chi connectivity index (χ2n) is 2.71. The van der Waals surface area contributed by atoms with Crippen molar-refractivity contribution in [1.29, 1.82) is 0 Å². The van der Waals surface area contributed by atoms with Crippen LogP contribution in [0.2, 0.25) is 0 Å². The van der Waals surface area contributed by atoms with E-state index in [1.807, 2.05) is 7.05 Å². The van der Waals surface area contributed by atoms with E-state index in [0.717, 1.165) is 19.8 Å². The van der Waals surface area contributed by atoms with Gasteiger partial charge in [0.1, 0.15) is 0 Å². The minimum Gasteiger partial charge on any atom is -0.378 e. The van der Waals surface area contributed by atoms with Crippen molar-refractivity contribution in [2.75, 3.05) is 26.8 Å². The van der Waals surface area contributed by atoms with E-state index in [1.54, 1.807) is 0 Å². The minimum absolute atomic E-state index is 0.485. The van der Waals surface area contributed by atoms with Gasteiger partial charge in [0.15, 0.2) is 0 Å². The molecule has 1 fully saturated rings. The van der Waals surface area contributed by atoms with Crippen molar-refractivity contribution < 1.29 is 4.74 Å². The first-order valence-electron chi connectivity index (χ1n) is 3.83. The predicted molar refractivity (Wildman–Crippen MR) is 41.1 cm³/mol. The van der Waals surface area contributed by atoms with Crippen molar-refractivity contribution in [2.24, 2.45) is 0 Å². The average molecular weight is 144 g/mol. The summed E-state index contributed by atoms with van der Waals surface area (Å²) in [4.78, 5) is 0. The van der Waals surface area contributed by atoms with Crippen molar-refractivity contribution in [3.05, 3.63) is 0 Å². The van der Waals surface area contributed by atoms with Crippen LogP contribution in [0, 0.1) is 0 Å². The van der Waals surface area contributed by atoms with Crippen LogP contribution in [0.1, 0.15) is 6.92 Å². The lowest BCUT2D eigenvalue weighted by atomic mass is 10.1. The molecule has 10 heavy (non-hydrogen) atoms. The standard InChI is InChI=1S/C7H16N2O/c1-6(8-2)7-5-10-4-3-9-7/h6-9H,3-5H2,1-2H3. The quantitative estimate of drug-likeness (QED) is 0.552. The Hall–Kier alpha value is -0.120. The van der Waals surface area contributed by atoms with Crippen LogP contribution in [0.15, 0.2) is 0 Å². The summed E-state index contributed by atoms with van der Waals surface area (Å²) >= 11 is 0. The summed E-state index contributed by atoms with van der Waals surface area (Å²) in [5.41, 5.74) is 0. The molecule has 1 aliphatic heterocycles. The largest absolute Gasteiger partial charge is 0.378 e. The van der Waals surface area contributed by atoms with Gasteiger partial charge in [0.2, 0.25) is 0 Å². The summed E-state index contributed by atoms with van der Waals surface area (Å²) in [7, 11) is 1.97. The van der Waals surface area contributed by atoms with Gasteiger partial charge in [0.05, 0.1) is 13.2 Å². The summed E-state index contributed by atoms with van der Waals surface area (Å²) in [6, 6.07) is 0.985. The summed E-state index contributed by atoms with van der Waals surface area (Å²) in [6.45, 7) is 4.83. The first kappa shape index (κ1) is 7.98. The van der Waals surface area contributed by atoms with Crippen molar-refractivity contribution >= 4 is 0 Å². The normalized spacial score (nSPS) is 30.0. The maximum absolute atomic E-state index is 5.30. The average Bonchev–Trinajstić information content (AvgIpc) is 2.05. The first-order chi connectivity index (χ1) is 4.84. The van der Waals surface area contributed by atoms with E-state index in [-0.39, 0.29) is 0 Å². The molecule has 0 radical (unpaired) electrons. The van der Waals surface area contributed by atoms with Gasteiger partial charge in [-0.1, -0.05) is 0 Å². The summed E-state index contributed by atoms with van der Waals surface area (Å²) in [6.07, 6.45) is 0. The fourth-order valence-electron chi connectivity index (χ4n) is 1.11. The highest BCUT2D eigenvalue weighted by Gasteiger charge is 2.17. The molecule has 3 heteroatoms. The van der Waals surface area contributed by atoms with E-state index in [0.29, 0.717) is 12.1 Å². The van der Waals surface area contributed by atoms with E-state index >= 15 is 0 Å². The van der Waals surface area contributed by atoms with Crippen LogP contribution >= 0.6 is 0 Å². The Morgan fingerprint density at radius 3 is 3.00 bits per heavy atom. The SMILES string of the molecule is CNC(C)C1COCCN1. The number of likely N-dealkylation sites (N-methyl/N-ethyl adjacent to an activating group) is 1. The third-order valence-corrected chi connectivity index (χ3v) is 2.01. The second-order valence-corrected chi connectivity index (χ2v) is 2.71. The summed E-state index contributed by atoms with van der Waals surface area (Å²) < 4.78 is 5.30. The van der Waals surface area contributed by atoms with Gasteiger partial charge in [0, 0.05) is 18.6 Å². The van der Waals surface area contributed by atoms with Gasteiger partial charge >= 0.3 is 0 Å². The Kier molecular flexibility index (Phi) is 3.12. The Balaban J connectivity index is 2.24. The van der Waals surface area contributed by atoms with Crippen LogP contribution in [0.25, 0.3) is 0 Å². The minimum atomic E-state index is 0.485. The lowest BCUT2D eigenvalue weighted by Crippen LogP contribution is -2.51. The molecule has 2 unspecified atom stereocenters. The zero-order chi connectivity index (χ0) is 7.40. The molecule has 1 saturated heterocycles. The van der Waals surface area contributed by atoms with Gasteiger partial charge in [-0.25, -0.2) is 0 Å². The smallest absolute Gasteiger partial charge is 0.0635 e. The molecule has 3 nitrogen and oxygen atoms in total. The number of hydrogen-bond donors (Lipinski definition) is 2. The highest BCUT2D eigenvalue weighted by molar-refractivity contribution is 4.79. The fourth-order valence-corrected chi connectivity index (χ4v) is 1.11. The van der Waals surface area contributed by atoms with Crippen LogP contribution in [-0.2, 0) is 4.74 Å². The molecular weight excluding hydrogens is 128 g/mol. The maximum Gasteiger partial charge on any atom is 0.0635 e. The molecular formula is C7H16N2O. The number of rotatable bonds is 2. The molecule has 1 rings (SSSR count). The zero-order valence-corrected chi connectivity index (χ0v) is 6.68. The van der Waals surface area contributed by atoms with Gasteiger partial charge in [0.25, 0.3) is 0 Å². The molecule has 0 amide bonds. The van der Waals surface area contributed by atoms with E-state index < -0.39 is 0 Å². The van der Waals surface area contributed by atoms with Crippen molar-refractivity contribution in [2.45, 2.75) is 19.0 Å². The summed E-state index contributed by atoms with van der Waals surface area (Å²) in [5, 5.41) is 6.57. The summed E-state index contributed by atoms with van der Waals surface area (Å²) in [5.74, 6) is 0. The van der Waals surface area contributed by atoms with E-state index in [9.17, 15) is 0 Å². The van der Waals surface area contributed by atoms with Crippen molar-refractivity contribution in [3.63, 3.8) is 0 Å². The Morgan fingerprint density at radius 1 is 1.70 bits per heavy atom. The van der Waals surface area contributed by atoms with Crippen LogP contribution in [0.5, 0.6) is 0 Å². The van der Waals surface area contributed by atoms with Crippen LogP contribution in [0.4, 0.5) is 0 Å². The van der Waals surface area contributed by atoms with Crippen LogP contribution < -0.4 is 10.6 Å². The zero-order valence-electron chi connectivity index (χ0n) is 6.68. The number of hydrogen-bond acceptors (Lipinski definition) is 3. The van der Waals surface area contributed by atoms with Gasteiger partial charge in [-0.2, -0.15) is 0 Å². The molecule has 0 bridgehead atoms. The number of nitrogens with one attached hydrogen (secondary N) is 2. The molecule has 0 aromatic rings. The topological polar surface area (TPSA) is 33.3 Å². The van der Waals surface area contributed by atoms with E-state index in [1.165, 1.54) is 0 Å². The van der Waals surface area contributed by atoms with Crippen LogP contribution in [0.3, 0.4) is 0 Å². The number of morpholine rings is 1. The molecule has 0 aliphatic carbocycles. The first-order valence-corrected chi connectivity index (χ1v) is 3.83. The van der Waals surface area contributed by atoms with Gasteiger partial charge in [-0.15, -0.1) is 0 Å². The van der Waals surface area contributed by atoms with Crippen molar-refractivity contribution in [3.8, 4) is 0 Å². The molecule has 0 spiro atoms. The fraction of sp³-hybridized carbons (Fsp3) is 1.00. The molecule has 1 aliphatic rings. The van der Waals surface area contributed by atoms with Crippen LogP contribution in [-0.4, -0.2) is 38.9 Å². The molecule has 0 aromatic heterocycles. The third-order valence-electron chi connectivity index (χ3n) is 2.01. The second kappa shape index (κ2) is 3.91.